The van der Waals surface area contributed by atoms with Crippen LogP contribution in [0.15, 0.2) is 82.1 Å². The Labute approximate surface area is 307 Å². The molecular weight excluding hydrogens is 685 g/mol. The molecule has 2 aliphatic heterocycles. The van der Waals surface area contributed by atoms with Crippen molar-refractivity contribution >= 4 is 53.0 Å². The lowest BCUT2D eigenvalue weighted by Crippen LogP contribution is -2.69. The van der Waals surface area contributed by atoms with Crippen molar-refractivity contribution in [3.63, 3.8) is 0 Å². The molecule has 2 saturated heterocycles. The highest BCUT2D eigenvalue weighted by molar-refractivity contribution is 8.01. The molecule has 1 N–H and O–H groups in total. The first-order valence-electron chi connectivity index (χ1n) is 16.7. The molecule has 0 spiro atoms. The number of aromatic nitrogens is 2. The van der Waals surface area contributed by atoms with Crippen LogP contribution >= 0.6 is 34.9 Å². The van der Waals surface area contributed by atoms with Gasteiger partial charge in [0.25, 0.3) is 5.91 Å². The number of hydrogen-bond donors (Lipinski definition) is 1. The Hall–Kier alpha value is -3.67. The zero-order chi connectivity index (χ0) is 35.8. The fourth-order valence-corrected chi connectivity index (χ4v) is 9.93. The summed E-state index contributed by atoms with van der Waals surface area (Å²) in [6.07, 6.45) is 1.17. The standard InChI is InChI=1S/C39H44N4O4S3/c1-24-41-42-36(50-24)49-23-39(35(46)47-32(26-14-10-8-11-15-26)27-16-12-9-13-17-27)21-43-33(45)30(34(43)48-22-39)40-20-25-18-28(37(2,3)4)31(44)29(19-25)38(5,6)7/h8-20,30,32,34,44H,21-23H2,1-7H3/t30?,34-,39?/m1/s1. The van der Waals surface area contributed by atoms with Crippen LogP contribution in [0.2, 0.25) is 0 Å². The van der Waals surface area contributed by atoms with Crippen LogP contribution in [0.3, 0.4) is 0 Å². The van der Waals surface area contributed by atoms with Gasteiger partial charge in [-0.05, 0) is 46.6 Å². The summed E-state index contributed by atoms with van der Waals surface area (Å²) in [5, 5.41) is 20.3. The SMILES string of the molecule is Cc1nnc(SCC2(C(=O)OC(c3ccccc3)c3ccccc3)CS[C@@H]3C(N=Cc4cc(C(C)(C)C)c(O)c(C(C)(C)C)c4)C(=O)N3C2)s1. The molecule has 262 valence electrons. The molecule has 3 atom stereocenters. The van der Waals surface area contributed by atoms with Crippen molar-refractivity contribution < 1.29 is 19.4 Å². The summed E-state index contributed by atoms with van der Waals surface area (Å²) < 4.78 is 7.21. The molecule has 0 radical (unpaired) electrons. The van der Waals surface area contributed by atoms with Crippen molar-refractivity contribution in [1.29, 1.82) is 0 Å². The maximum absolute atomic E-state index is 14.5. The van der Waals surface area contributed by atoms with Crippen molar-refractivity contribution in [3.05, 3.63) is 106 Å². The topological polar surface area (TPSA) is 105 Å². The van der Waals surface area contributed by atoms with Gasteiger partial charge >= 0.3 is 5.97 Å². The Morgan fingerprint density at radius 1 is 1.02 bits per heavy atom. The molecule has 50 heavy (non-hydrogen) atoms. The van der Waals surface area contributed by atoms with Gasteiger partial charge in [-0.25, -0.2) is 0 Å². The third-order valence-corrected chi connectivity index (χ3v) is 12.9. The lowest BCUT2D eigenvalue weighted by atomic mass is 9.78. The smallest absolute Gasteiger partial charge is 0.316 e. The second-order valence-corrected chi connectivity index (χ2v) is 18.6. The number of aliphatic imine (C=N–C) groups is 1. The van der Waals surface area contributed by atoms with Crippen molar-refractivity contribution in [2.45, 2.75) is 81.2 Å². The highest BCUT2D eigenvalue weighted by Crippen LogP contribution is 2.47. The van der Waals surface area contributed by atoms with E-state index in [0.717, 1.165) is 37.2 Å². The first kappa shape index (κ1) is 36.1. The average Bonchev–Trinajstić information content (AvgIpc) is 3.51. The number of fused-ring (bicyclic) bond motifs is 1. The quantitative estimate of drug-likeness (QED) is 0.0802. The van der Waals surface area contributed by atoms with E-state index < -0.39 is 17.6 Å². The fraction of sp³-hybridized carbons (Fsp3) is 0.410. The number of rotatable bonds is 9. The van der Waals surface area contributed by atoms with Crippen LogP contribution in [0.25, 0.3) is 0 Å². The Bertz CT molecular complexity index is 1810. The molecule has 2 aliphatic rings. The van der Waals surface area contributed by atoms with E-state index in [4.69, 9.17) is 9.73 Å². The van der Waals surface area contributed by atoms with Crippen molar-refractivity contribution in [3.8, 4) is 5.75 Å². The minimum absolute atomic E-state index is 0.110. The van der Waals surface area contributed by atoms with Gasteiger partial charge < -0.3 is 14.7 Å². The third kappa shape index (κ3) is 7.50. The summed E-state index contributed by atoms with van der Waals surface area (Å²) in [6.45, 7) is 14.6. The Balaban J connectivity index is 1.26. The summed E-state index contributed by atoms with van der Waals surface area (Å²) in [5.41, 5.74) is 2.76. The van der Waals surface area contributed by atoms with Gasteiger partial charge in [0.1, 0.15) is 21.5 Å². The number of β-lactam (4-membered cyclic amide) rings is 1. The van der Waals surface area contributed by atoms with E-state index >= 15 is 0 Å². The Morgan fingerprint density at radius 2 is 1.60 bits per heavy atom. The average molecular weight is 729 g/mol. The Morgan fingerprint density at radius 3 is 2.12 bits per heavy atom. The number of esters is 1. The number of carbonyl (C=O) groups excluding carboxylic acids is 2. The number of carbonyl (C=O) groups is 2. The number of amides is 1. The molecule has 0 bridgehead atoms. The number of phenolic OH excluding ortho intramolecular Hbond substituents is 1. The van der Waals surface area contributed by atoms with Crippen LogP contribution < -0.4 is 0 Å². The second kappa shape index (κ2) is 14.2. The normalized spacial score (nSPS) is 21.0. The maximum atomic E-state index is 14.5. The number of benzene rings is 3. The van der Waals surface area contributed by atoms with Crippen molar-refractivity contribution in [1.82, 2.24) is 15.1 Å². The van der Waals surface area contributed by atoms with E-state index in [9.17, 15) is 14.7 Å². The van der Waals surface area contributed by atoms with Crippen LogP contribution in [0.1, 0.15) is 80.5 Å². The van der Waals surface area contributed by atoms with Crippen LogP contribution in [-0.2, 0) is 25.2 Å². The van der Waals surface area contributed by atoms with E-state index in [1.807, 2.05) is 79.7 Å². The molecule has 1 amide bonds. The first-order valence-corrected chi connectivity index (χ1v) is 19.6. The number of thioether (sulfide) groups is 2. The van der Waals surface area contributed by atoms with Gasteiger partial charge in [-0.2, -0.15) is 0 Å². The molecule has 3 heterocycles. The highest BCUT2D eigenvalue weighted by Gasteiger charge is 2.57. The van der Waals surface area contributed by atoms with Gasteiger partial charge in [-0.15, -0.1) is 22.0 Å². The van der Waals surface area contributed by atoms with E-state index in [1.165, 1.54) is 23.1 Å². The van der Waals surface area contributed by atoms with Gasteiger partial charge in [-0.3, -0.25) is 14.6 Å². The lowest BCUT2D eigenvalue weighted by molar-refractivity contribution is -0.163. The Kier molecular flexibility index (Phi) is 10.2. The zero-order valence-corrected chi connectivity index (χ0v) is 32.0. The summed E-state index contributed by atoms with van der Waals surface area (Å²) in [6, 6.07) is 22.9. The van der Waals surface area contributed by atoms with Crippen molar-refractivity contribution in [2.75, 3.05) is 18.1 Å². The third-order valence-electron chi connectivity index (χ3n) is 9.09. The molecule has 0 aliphatic carbocycles. The zero-order valence-electron chi connectivity index (χ0n) is 29.5. The minimum atomic E-state index is -0.974. The number of ether oxygens (including phenoxy) is 1. The first-order chi connectivity index (χ1) is 23.7. The van der Waals surface area contributed by atoms with E-state index in [1.54, 1.807) is 22.9 Å². The largest absolute Gasteiger partial charge is 0.507 e. The van der Waals surface area contributed by atoms with Crippen LogP contribution in [-0.4, -0.2) is 67.8 Å². The molecule has 0 saturated carbocycles. The van der Waals surface area contributed by atoms with Gasteiger partial charge in [-0.1, -0.05) is 125 Å². The maximum Gasteiger partial charge on any atom is 0.316 e. The minimum Gasteiger partial charge on any atom is -0.507 e. The summed E-state index contributed by atoms with van der Waals surface area (Å²) in [4.78, 5) is 34.8. The lowest BCUT2D eigenvalue weighted by Gasteiger charge is -2.53. The summed E-state index contributed by atoms with van der Waals surface area (Å²) in [7, 11) is 0. The van der Waals surface area contributed by atoms with Crippen LogP contribution in [0, 0.1) is 12.3 Å². The molecule has 2 unspecified atom stereocenters. The molecule has 8 nitrogen and oxygen atoms in total. The molecule has 3 aromatic carbocycles. The predicted molar refractivity (Wildman–Crippen MR) is 203 cm³/mol. The molecule has 4 aromatic rings. The van der Waals surface area contributed by atoms with Gasteiger partial charge in [0.15, 0.2) is 16.5 Å². The van der Waals surface area contributed by atoms with Gasteiger partial charge in [0.05, 0.1) is 0 Å². The summed E-state index contributed by atoms with van der Waals surface area (Å²) >= 11 is 4.54. The number of nitrogens with zero attached hydrogens (tertiary/aromatic N) is 4. The highest BCUT2D eigenvalue weighted by atomic mass is 32.2. The number of hydrogen-bond acceptors (Lipinski definition) is 10. The van der Waals surface area contributed by atoms with E-state index in [0.29, 0.717) is 17.3 Å². The van der Waals surface area contributed by atoms with Crippen molar-refractivity contribution in [2.24, 2.45) is 10.4 Å². The van der Waals surface area contributed by atoms with Crippen LogP contribution in [0.5, 0.6) is 5.75 Å². The van der Waals surface area contributed by atoms with Gasteiger partial charge in [0.2, 0.25) is 0 Å². The predicted octanol–water partition coefficient (Wildman–Crippen LogP) is 7.96. The van der Waals surface area contributed by atoms with E-state index in [-0.39, 0.29) is 34.6 Å². The summed E-state index contributed by atoms with van der Waals surface area (Å²) in [5.74, 6) is 0.716. The fourth-order valence-electron chi connectivity index (χ4n) is 6.27. The van der Waals surface area contributed by atoms with Gasteiger partial charge in [0, 0.05) is 35.4 Å². The number of phenols is 1. The molecule has 6 rings (SSSR count). The molecular formula is C39H44N4O4S3. The molecule has 1 aromatic heterocycles. The molecule has 2 fully saturated rings. The number of aryl methyl sites for hydroxylation is 1. The second-order valence-electron chi connectivity index (χ2n) is 15.1. The number of aromatic hydroxyl groups is 1. The monoisotopic (exact) mass is 728 g/mol. The molecule has 11 heteroatoms. The van der Waals surface area contributed by atoms with E-state index in [2.05, 4.69) is 51.7 Å². The van der Waals surface area contributed by atoms with Crippen LogP contribution in [0.4, 0.5) is 0 Å².